The second-order valence-electron chi connectivity index (χ2n) is 4.84. The molecule has 0 saturated carbocycles. The van der Waals surface area contributed by atoms with Gasteiger partial charge in [0, 0.05) is 18.4 Å². The molecule has 0 radical (unpaired) electrons. The Hall–Kier alpha value is -1.42. The van der Waals surface area contributed by atoms with Crippen LogP contribution in [0.5, 0.6) is 0 Å². The van der Waals surface area contributed by atoms with E-state index in [1.807, 2.05) is 32.2 Å². The second kappa shape index (κ2) is 4.45. The van der Waals surface area contributed by atoms with Crippen LogP contribution >= 0.6 is 0 Å². The first-order chi connectivity index (χ1) is 8.05. The van der Waals surface area contributed by atoms with Crippen LogP contribution in [0.25, 0.3) is 0 Å². The molecule has 2 heterocycles. The third kappa shape index (κ3) is 2.05. The van der Waals surface area contributed by atoms with Gasteiger partial charge >= 0.3 is 5.97 Å². The Bertz CT molecular complexity index is 407. The summed E-state index contributed by atoms with van der Waals surface area (Å²) < 4.78 is 0. The Balaban J connectivity index is 2.25. The summed E-state index contributed by atoms with van der Waals surface area (Å²) >= 11 is 0. The molecule has 1 aromatic rings. The van der Waals surface area contributed by atoms with E-state index in [9.17, 15) is 9.90 Å². The Morgan fingerprint density at radius 1 is 1.65 bits per heavy atom. The molecule has 2 rings (SSSR count). The van der Waals surface area contributed by atoms with Gasteiger partial charge in [0.2, 0.25) is 0 Å². The van der Waals surface area contributed by atoms with Crippen LogP contribution in [-0.2, 0) is 4.79 Å². The van der Waals surface area contributed by atoms with E-state index in [2.05, 4.69) is 9.88 Å². The zero-order valence-electron chi connectivity index (χ0n) is 10.3. The zero-order chi connectivity index (χ0) is 12.5. The fraction of sp³-hybridized carbons (Fsp3) is 0.538. The van der Waals surface area contributed by atoms with Crippen molar-refractivity contribution in [3.8, 4) is 0 Å². The maximum Gasteiger partial charge on any atom is 0.323 e. The summed E-state index contributed by atoms with van der Waals surface area (Å²) in [5, 5.41) is 9.38. The molecule has 1 saturated heterocycles. The van der Waals surface area contributed by atoms with Crippen LogP contribution in [0.2, 0.25) is 0 Å². The number of likely N-dealkylation sites (tertiary alicyclic amines) is 1. The number of hydrogen-bond acceptors (Lipinski definition) is 3. The number of hydrogen-bond donors (Lipinski definition) is 1. The average Bonchev–Trinajstić information content (AvgIpc) is 2.73. The monoisotopic (exact) mass is 234 g/mol. The van der Waals surface area contributed by atoms with Crippen molar-refractivity contribution >= 4 is 5.97 Å². The Morgan fingerprint density at radius 2 is 2.41 bits per heavy atom. The van der Waals surface area contributed by atoms with E-state index in [1.54, 1.807) is 6.20 Å². The van der Waals surface area contributed by atoms with Gasteiger partial charge in [0.25, 0.3) is 0 Å². The number of carbonyl (C=O) groups is 1. The lowest BCUT2D eigenvalue weighted by Gasteiger charge is -2.36. The molecule has 17 heavy (non-hydrogen) atoms. The fourth-order valence-corrected chi connectivity index (χ4v) is 2.64. The number of carboxylic acid groups (broad SMARTS) is 1. The molecule has 0 aliphatic carbocycles. The van der Waals surface area contributed by atoms with Gasteiger partial charge in [-0.2, -0.15) is 0 Å². The summed E-state index contributed by atoms with van der Waals surface area (Å²) in [4.78, 5) is 17.6. The highest BCUT2D eigenvalue weighted by atomic mass is 16.4. The molecule has 1 aliphatic heterocycles. The summed E-state index contributed by atoms with van der Waals surface area (Å²) in [6.45, 7) is 4.69. The molecule has 0 amide bonds. The zero-order valence-corrected chi connectivity index (χ0v) is 10.3. The fourth-order valence-electron chi connectivity index (χ4n) is 2.64. The summed E-state index contributed by atoms with van der Waals surface area (Å²) in [6.07, 6.45) is 5.20. The third-order valence-corrected chi connectivity index (χ3v) is 3.79. The lowest BCUT2D eigenvalue weighted by atomic mass is 9.96. The van der Waals surface area contributed by atoms with E-state index in [-0.39, 0.29) is 6.04 Å². The number of carboxylic acids is 1. The molecule has 1 fully saturated rings. The van der Waals surface area contributed by atoms with Gasteiger partial charge in [-0.05, 0) is 44.9 Å². The van der Waals surface area contributed by atoms with Crippen molar-refractivity contribution < 1.29 is 9.90 Å². The third-order valence-electron chi connectivity index (χ3n) is 3.79. The molecule has 1 N–H and O–H groups in total. The minimum atomic E-state index is -0.741. The minimum Gasteiger partial charge on any atom is -0.480 e. The second-order valence-corrected chi connectivity index (χ2v) is 4.84. The van der Waals surface area contributed by atoms with Crippen LogP contribution in [0.3, 0.4) is 0 Å². The number of nitrogens with zero attached hydrogens (tertiary/aromatic N) is 2. The normalized spacial score (nSPS) is 26.9. The molecule has 0 aromatic carbocycles. The SMILES string of the molecule is CC(c1cccnc1)N1CCCC1(C)C(=O)O. The summed E-state index contributed by atoms with van der Waals surface area (Å²) in [5.74, 6) is -0.731. The van der Waals surface area contributed by atoms with E-state index in [0.717, 1.165) is 18.5 Å². The molecule has 0 bridgehead atoms. The van der Waals surface area contributed by atoms with Gasteiger partial charge in [0.1, 0.15) is 5.54 Å². The topological polar surface area (TPSA) is 53.4 Å². The van der Waals surface area contributed by atoms with Crippen molar-refractivity contribution in [3.63, 3.8) is 0 Å². The Kier molecular flexibility index (Phi) is 3.15. The first-order valence-corrected chi connectivity index (χ1v) is 5.96. The highest BCUT2D eigenvalue weighted by Gasteiger charge is 2.45. The molecule has 92 valence electrons. The van der Waals surface area contributed by atoms with Crippen LogP contribution in [-0.4, -0.2) is 33.0 Å². The van der Waals surface area contributed by atoms with Crippen LogP contribution in [0.4, 0.5) is 0 Å². The van der Waals surface area contributed by atoms with Crippen molar-refractivity contribution in [2.45, 2.75) is 38.3 Å². The standard InChI is InChI=1S/C13H18N2O2/c1-10(11-5-3-7-14-9-11)15-8-4-6-13(15,2)12(16)17/h3,5,7,9-10H,4,6,8H2,1-2H3,(H,16,17). The Labute approximate surface area is 101 Å². The van der Waals surface area contributed by atoms with Crippen LogP contribution < -0.4 is 0 Å². The van der Waals surface area contributed by atoms with Crippen molar-refractivity contribution in [1.82, 2.24) is 9.88 Å². The van der Waals surface area contributed by atoms with E-state index < -0.39 is 11.5 Å². The molecule has 0 spiro atoms. The van der Waals surface area contributed by atoms with Crippen LogP contribution in [0, 0.1) is 0 Å². The molecular weight excluding hydrogens is 216 g/mol. The highest BCUT2D eigenvalue weighted by Crippen LogP contribution is 2.36. The van der Waals surface area contributed by atoms with Gasteiger partial charge in [0.05, 0.1) is 0 Å². The average molecular weight is 234 g/mol. The molecule has 1 aliphatic rings. The first kappa shape index (κ1) is 12.0. The Morgan fingerprint density at radius 3 is 3.00 bits per heavy atom. The maximum atomic E-state index is 11.4. The predicted octanol–water partition coefficient (Wildman–Crippen LogP) is 2.08. The van der Waals surface area contributed by atoms with Crippen molar-refractivity contribution in [3.05, 3.63) is 30.1 Å². The number of aliphatic carboxylic acids is 1. The van der Waals surface area contributed by atoms with Crippen molar-refractivity contribution in [2.75, 3.05) is 6.54 Å². The van der Waals surface area contributed by atoms with Gasteiger partial charge in [-0.3, -0.25) is 14.7 Å². The van der Waals surface area contributed by atoms with Crippen molar-refractivity contribution in [2.24, 2.45) is 0 Å². The molecule has 2 unspecified atom stereocenters. The highest BCUT2D eigenvalue weighted by molar-refractivity contribution is 5.78. The summed E-state index contributed by atoms with van der Waals surface area (Å²) in [7, 11) is 0. The van der Waals surface area contributed by atoms with Gasteiger partial charge in [-0.15, -0.1) is 0 Å². The van der Waals surface area contributed by atoms with Crippen LogP contribution in [0.1, 0.15) is 38.3 Å². The van der Waals surface area contributed by atoms with E-state index >= 15 is 0 Å². The van der Waals surface area contributed by atoms with E-state index in [0.29, 0.717) is 6.42 Å². The van der Waals surface area contributed by atoms with E-state index in [4.69, 9.17) is 0 Å². The van der Waals surface area contributed by atoms with Gasteiger partial charge in [-0.1, -0.05) is 6.07 Å². The van der Waals surface area contributed by atoms with E-state index in [1.165, 1.54) is 0 Å². The molecule has 2 atom stereocenters. The lowest BCUT2D eigenvalue weighted by Crippen LogP contribution is -2.48. The smallest absolute Gasteiger partial charge is 0.323 e. The quantitative estimate of drug-likeness (QED) is 0.870. The van der Waals surface area contributed by atoms with Gasteiger partial charge in [0.15, 0.2) is 0 Å². The molecule has 4 heteroatoms. The van der Waals surface area contributed by atoms with Crippen LogP contribution in [0.15, 0.2) is 24.5 Å². The summed E-state index contributed by atoms with van der Waals surface area (Å²) in [5.41, 5.74) is 0.330. The first-order valence-electron chi connectivity index (χ1n) is 5.96. The lowest BCUT2D eigenvalue weighted by molar-refractivity contribution is -0.149. The number of aromatic nitrogens is 1. The largest absolute Gasteiger partial charge is 0.480 e. The molecule has 4 nitrogen and oxygen atoms in total. The maximum absolute atomic E-state index is 11.4. The summed E-state index contributed by atoms with van der Waals surface area (Å²) in [6, 6.07) is 3.98. The molecule has 1 aromatic heterocycles. The molecular formula is C13H18N2O2. The van der Waals surface area contributed by atoms with Gasteiger partial charge < -0.3 is 5.11 Å². The predicted molar refractivity (Wildman–Crippen MR) is 64.6 cm³/mol. The van der Waals surface area contributed by atoms with Crippen molar-refractivity contribution in [1.29, 1.82) is 0 Å². The minimum absolute atomic E-state index is 0.0901. The number of pyridine rings is 1. The van der Waals surface area contributed by atoms with Gasteiger partial charge in [-0.25, -0.2) is 0 Å². The number of rotatable bonds is 3.